The summed E-state index contributed by atoms with van der Waals surface area (Å²) in [5.74, 6) is 0.222. The number of amides is 1. The van der Waals surface area contributed by atoms with E-state index in [4.69, 9.17) is 0 Å². The number of benzene rings is 2. The molecule has 1 amide bonds. The summed E-state index contributed by atoms with van der Waals surface area (Å²) in [5.41, 5.74) is 3.92. The van der Waals surface area contributed by atoms with E-state index in [9.17, 15) is 9.59 Å². The molecule has 0 aliphatic heterocycles. The highest BCUT2D eigenvalue weighted by Crippen LogP contribution is 2.21. The van der Waals surface area contributed by atoms with Crippen molar-refractivity contribution in [2.45, 2.75) is 46.1 Å². The van der Waals surface area contributed by atoms with Crippen LogP contribution in [-0.4, -0.2) is 32.0 Å². The molecule has 7 nitrogen and oxygen atoms in total. The van der Waals surface area contributed by atoms with Crippen LogP contribution in [0.4, 0.5) is 0 Å². The third-order valence-corrected chi connectivity index (χ3v) is 5.93. The zero-order chi connectivity index (χ0) is 23.4. The van der Waals surface area contributed by atoms with Gasteiger partial charge in [0.25, 0.3) is 5.56 Å². The molecule has 2 aromatic carbocycles. The summed E-state index contributed by atoms with van der Waals surface area (Å²) in [4.78, 5) is 25.4. The van der Waals surface area contributed by atoms with Gasteiger partial charge in [0, 0.05) is 19.5 Å². The molecule has 0 saturated carbocycles. The largest absolute Gasteiger partial charge is 0.356 e. The third-order valence-electron chi connectivity index (χ3n) is 5.93. The average molecular weight is 444 g/mol. The van der Waals surface area contributed by atoms with E-state index in [-0.39, 0.29) is 17.4 Å². The van der Waals surface area contributed by atoms with Crippen molar-refractivity contribution in [3.8, 4) is 5.69 Å². The van der Waals surface area contributed by atoms with Gasteiger partial charge in [-0.15, -0.1) is 0 Å². The molecular formula is C26H29N5O2. The van der Waals surface area contributed by atoms with Crippen molar-refractivity contribution in [2.75, 3.05) is 6.54 Å². The highest BCUT2D eigenvalue weighted by molar-refractivity contribution is 5.83. The highest BCUT2D eigenvalue weighted by atomic mass is 16.1. The first-order valence-electron chi connectivity index (χ1n) is 11.3. The van der Waals surface area contributed by atoms with Gasteiger partial charge in [-0.3, -0.25) is 9.59 Å². The number of hydrogen-bond donors (Lipinski definition) is 1. The van der Waals surface area contributed by atoms with E-state index in [0.29, 0.717) is 31.4 Å². The van der Waals surface area contributed by atoms with Gasteiger partial charge in [0.2, 0.25) is 5.91 Å². The molecule has 0 saturated heterocycles. The molecule has 2 aromatic heterocycles. The smallest absolute Gasteiger partial charge is 0.295 e. The average Bonchev–Trinajstić information content (AvgIpc) is 3.19. The van der Waals surface area contributed by atoms with Crippen molar-refractivity contribution < 1.29 is 4.79 Å². The van der Waals surface area contributed by atoms with Gasteiger partial charge in [-0.2, -0.15) is 10.2 Å². The fourth-order valence-corrected chi connectivity index (χ4v) is 4.10. The molecule has 4 aromatic rings. The summed E-state index contributed by atoms with van der Waals surface area (Å²) >= 11 is 0. The maximum Gasteiger partial charge on any atom is 0.295 e. The predicted octanol–water partition coefficient (Wildman–Crippen LogP) is 3.90. The molecule has 4 rings (SSSR count). The van der Waals surface area contributed by atoms with Crippen LogP contribution in [0, 0.1) is 13.8 Å². The van der Waals surface area contributed by atoms with Crippen LogP contribution in [0.15, 0.2) is 65.5 Å². The van der Waals surface area contributed by atoms with E-state index in [1.54, 1.807) is 4.68 Å². The summed E-state index contributed by atoms with van der Waals surface area (Å²) < 4.78 is 3.21. The van der Waals surface area contributed by atoms with Crippen molar-refractivity contribution in [1.29, 1.82) is 0 Å². The Morgan fingerprint density at radius 3 is 2.36 bits per heavy atom. The molecule has 1 N–H and O–H groups in total. The zero-order valence-corrected chi connectivity index (χ0v) is 19.3. The van der Waals surface area contributed by atoms with Crippen LogP contribution in [0.25, 0.3) is 16.6 Å². The van der Waals surface area contributed by atoms with Crippen molar-refractivity contribution in [3.05, 3.63) is 88.0 Å². The standard InChI is InChI=1S/C26H29N5O2/c1-18(21-11-6-4-7-12-21)17-27-23(32)15-10-16-30-26(33)25-24(19(2)28-30)20(3)31(29-25)22-13-8-5-9-14-22/h4-9,11-14,18H,10,15-17H2,1-3H3,(H,27,32). The minimum Gasteiger partial charge on any atom is -0.356 e. The molecule has 2 heterocycles. The van der Waals surface area contributed by atoms with E-state index < -0.39 is 0 Å². The SMILES string of the molecule is Cc1nn(CCCC(=O)NCC(C)c2ccccc2)c(=O)c2nn(-c3ccccc3)c(C)c12. The number of carbonyl (C=O) groups is 1. The van der Waals surface area contributed by atoms with E-state index in [1.807, 2.05) is 62.4 Å². The molecule has 7 heteroatoms. The second-order valence-corrected chi connectivity index (χ2v) is 8.39. The Morgan fingerprint density at radius 2 is 1.67 bits per heavy atom. The second-order valence-electron chi connectivity index (χ2n) is 8.39. The van der Waals surface area contributed by atoms with Gasteiger partial charge >= 0.3 is 0 Å². The van der Waals surface area contributed by atoms with Crippen molar-refractivity contribution >= 4 is 16.8 Å². The van der Waals surface area contributed by atoms with Crippen LogP contribution >= 0.6 is 0 Å². The minimum atomic E-state index is -0.230. The molecule has 0 bridgehead atoms. The second kappa shape index (κ2) is 9.81. The number of rotatable bonds is 8. The number of nitrogens with one attached hydrogen (secondary N) is 1. The van der Waals surface area contributed by atoms with Crippen molar-refractivity contribution in [1.82, 2.24) is 24.9 Å². The van der Waals surface area contributed by atoms with E-state index in [0.717, 1.165) is 22.5 Å². The first-order chi connectivity index (χ1) is 16.0. The summed E-state index contributed by atoms with van der Waals surface area (Å²) in [6, 6.07) is 19.9. The highest BCUT2D eigenvalue weighted by Gasteiger charge is 2.17. The molecule has 0 fully saturated rings. The molecule has 0 aliphatic rings. The van der Waals surface area contributed by atoms with Gasteiger partial charge in [0.1, 0.15) is 0 Å². The first kappa shape index (κ1) is 22.5. The molecule has 33 heavy (non-hydrogen) atoms. The molecule has 0 radical (unpaired) electrons. The normalized spacial score (nSPS) is 12.1. The van der Waals surface area contributed by atoms with Crippen molar-refractivity contribution in [2.24, 2.45) is 0 Å². The fraction of sp³-hybridized carbons (Fsp3) is 0.308. The fourth-order valence-electron chi connectivity index (χ4n) is 4.10. The molecular weight excluding hydrogens is 414 g/mol. The molecule has 1 atom stereocenters. The Bertz CT molecular complexity index is 1310. The van der Waals surface area contributed by atoms with E-state index >= 15 is 0 Å². The Hall–Kier alpha value is -3.74. The first-order valence-corrected chi connectivity index (χ1v) is 11.3. The zero-order valence-electron chi connectivity index (χ0n) is 19.3. The molecule has 1 unspecified atom stereocenters. The number of carbonyl (C=O) groups excluding carboxylic acids is 1. The summed E-state index contributed by atoms with van der Waals surface area (Å²) in [5, 5.41) is 12.9. The lowest BCUT2D eigenvalue weighted by Crippen LogP contribution is -2.28. The van der Waals surface area contributed by atoms with Gasteiger partial charge in [0.05, 0.1) is 22.5 Å². The number of aromatic nitrogens is 4. The van der Waals surface area contributed by atoms with Crippen LogP contribution in [0.1, 0.15) is 42.6 Å². The lowest BCUT2D eigenvalue weighted by molar-refractivity contribution is -0.121. The maximum atomic E-state index is 13.0. The number of fused-ring (bicyclic) bond motifs is 1. The van der Waals surface area contributed by atoms with E-state index in [2.05, 4.69) is 34.6 Å². The third kappa shape index (κ3) is 4.87. The number of aryl methyl sites for hydroxylation is 3. The van der Waals surface area contributed by atoms with Gasteiger partial charge in [-0.25, -0.2) is 9.36 Å². The van der Waals surface area contributed by atoms with Crippen LogP contribution in [0.3, 0.4) is 0 Å². The summed E-state index contributed by atoms with van der Waals surface area (Å²) in [7, 11) is 0. The number of nitrogens with zero attached hydrogens (tertiary/aromatic N) is 4. The van der Waals surface area contributed by atoms with Crippen LogP contribution in [-0.2, 0) is 11.3 Å². The summed E-state index contributed by atoms with van der Waals surface area (Å²) in [6.07, 6.45) is 0.867. The van der Waals surface area contributed by atoms with Crippen LogP contribution < -0.4 is 10.9 Å². The van der Waals surface area contributed by atoms with Gasteiger partial charge in [-0.05, 0) is 43.9 Å². The monoisotopic (exact) mass is 443 g/mol. The van der Waals surface area contributed by atoms with Gasteiger partial charge in [0.15, 0.2) is 5.52 Å². The molecule has 0 spiro atoms. The Labute approximate surface area is 193 Å². The predicted molar refractivity (Wildman–Crippen MR) is 130 cm³/mol. The minimum absolute atomic E-state index is 0.0205. The van der Waals surface area contributed by atoms with E-state index in [1.165, 1.54) is 10.2 Å². The Morgan fingerprint density at radius 1 is 1.00 bits per heavy atom. The summed E-state index contributed by atoms with van der Waals surface area (Å²) in [6.45, 7) is 6.88. The van der Waals surface area contributed by atoms with Gasteiger partial charge < -0.3 is 5.32 Å². The lowest BCUT2D eigenvalue weighted by atomic mass is 10.0. The lowest BCUT2D eigenvalue weighted by Gasteiger charge is -2.13. The topological polar surface area (TPSA) is 81.8 Å². The number of hydrogen-bond acceptors (Lipinski definition) is 4. The quantitative estimate of drug-likeness (QED) is 0.448. The maximum absolute atomic E-state index is 13.0. The van der Waals surface area contributed by atoms with Crippen molar-refractivity contribution in [3.63, 3.8) is 0 Å². The Balaban J connectivity index is 1.41. The molecule has 0 aliphatic carbocycles. The Kier molecular flexibility index (Phi) is 6.68. The van der Waals surface area contributed by atoms with Crippen LogP contribution in [0.5, 0.6) is 0 Å². The number of para-hydroxylation sites is 1. The van der Waals surface area contributed by atoms with Crippen LogP contribution in [0.2, 0.25) is 0 Å². The molecule has 170 valence electrons. The van der Waals surface area contributed by atoms with Gasteiger partial charge in [-0.1, -0.05) is 55.5 Å².